The Morgan fingerprint density at radius 2 is 2.44 bits per heavy atom. The Morgan fingerprint density at radius 1 is 1.89 bits per heavy atom. The van der Waals surface area contributed by atoms with E-state index in [-0.39, 0.29) is 0 Å². The molecule has 0 rings (SSSR count). The van der Waals surface area contributed by atoms with Crippen LogP contribution in [0.25, 0.3) is 0 Å². The van der Waals surface area contributed by atoms with Crippen LogP contribution in [-0.2, 0) is 4.79 Å². The van der Waals surface area contributed by atoms with E-state index in [2.05, 4.69) is 5.82 Å². The molecule has 0 aliphatic carbocycles. The van der Waals surface area contributed by atoms with Crippen LogP contribution in [0.4, 0.5) is 0 Å². The average molecular weight is 215 g/mol. The van der Waals surface area contributed by atoms with Crippen molar-refractivity contribution in [3.05, 3.63) is 0 Å². The van der Waals surface area contributed by atoms with Gasteiger partial charge < -0.3 is 0 Å². The Bertz CT molecular complexity index is 99.0. The molecule has 2 N–H and O–H groups in total. The van der Waals surface area contributed by atoms with Crippen LogP contribution in [0.5, 0.6) is 0 Å². The monoisotopic (exact) mass is 215 g/mol. The summed E-state index contributed by atoms with van der Waals surface area (Å²) in [6.45, 7) is 0. The van der Waals surface area contributed by atoms with Gasteiger partial charge in [0, 0.05) is 0 Å². The molecular formula is C5H10ClNOSe. The van der Waals surface area contributed by atoms with Crippen LogP contribution in [0, 0.1) is 0 Å². The van der Waals surface area contributed by atoms with E-state index in [4.69, 9.17) is 17.3 Å². The zero-order chi connectivity index (χ0) is 7.28. The van der Waals surface area contributed by atoms with Crippen LogP contribution in [0.1, 0.15) is 6.42 Å². The van der Waals surface area contributed by atoms with Gasteiger partial charge in [-0.3, -0.25) is 0 Å². The molecule has 9 heavy (non-hydrogen) atoms. The Kier molecular flexibility index (Phi) is 5.50. The fraction of sp³-hybridized carbons (Fsp3) is 0.800. The second kappa shape index (κ2) is 5.24. The third-order valence-corrected chi connectivity index (χ3v) is 2.56. The number of halogens is 1. The van der Waals surface area contributed by atoms with E-state index >= 15 is 0 Å². The van der Waals surface area contributed by atoms with E-state index in [0.717, 1.165) is 11.7 Å². The maximum atomic E-state index is 10.3. The molecule has 4 heteroatoms. The van der Waals surface area contributed by atoms with E-state index in [0.29, 0.717) is 15.0 Å². The van der Waals surface area contributed by atoms with E-state index in [1.54, 1.807) is 0 Å². The third-order valence-electron chi connectivity index (χ3n) is 0.924. The molecule has 0 fully saturated rings. The third kappa shape index (κ3) is 4.91. The predicted molar refractivity (Wildman–Crippen MR) is 39.9 cm³/mol. The van der Waals surface area contributed by atoms with Gasteiger partial charge in [0.05, 0.1) is 0 Å². The Labute approximate surface area is 66.3 Å². The molecule has 0 aromatic rings. The summed E-state index contributed by atoms with van der Waals surface area (Å²) >= 11 is 5.71. The number of hydrogen-bond donors (Lipinski definition) is 1. The molecule has 0 unspecified atom stereocenters. The fourth-order valence-electron chi connectivity index (χ4n) is 0.358. The predicted octanol–water partition coefficient (Wildman–Crippen LogP) is 0.640. The molecule has 0 aliphatic heterocycles. The van der Waals surface area contributed by atoms with E-state index < -0.39 is 11.3 Å². The molecule has 1 atom stereocenters. The number of hydrogen-bond acceptors (Lipinski definition) is 2. The molecule has 0 bridgehead atoms. The van der Waals surface area contributed by atoms with Gasteiger partial charge in [-0.15, -0.1) is 0 Å². The van der Waals surface area contributed by atoms with Crippen molar-refractivity contribution in [3.8, 4) is 0 Å². The Hall–Kier alpha value is 0.439. The Balaban J connectivity index is 3.27. The van der Waals surface area contributed by atoms with Gasteiger partial charge in [0.2, 0.25) is 0 Å². The van der Waals surface area contributed by atoms with Crippen LogP contribution in [0.15, 0.2) is 0 Å². The first-order valence-electron chi connectivity index (χ1n) is 2.62. The molecule has 0 saturated heterocycles. The summed E-state index contributed by atoms with van der Waals surface area (Å²) in [5, 5.41) is 0.617. The molecule has 0 aliphatic rings. The first kappa shape index (κ1) is 9.44. The van der Waals surface area contributed by atoms with Crippen molar-refractivity contribution in [1.29, 1.82) is 0 Å². The maximum absolute atomic E-state index is 10.3. The van der Waals surface area contributed by atoms with Crippen LogP contribution < -0.4 is 5.73 Å². The average Bonchev–Trinajstić information content (AvgIpc) is 1.82. The standard InChI is InChI=1S/C5H10ClNOSe/c1-9-3-2-4(7)5(6)8/h4H,2-3,7H2,1H3/t4-/m0/s1. The van der Waals surface area contributed by atoms with Crippen molar-refractivity contribution in [2.24, 2.45) is 5.73 Å². The number of nitrogens with two attached hydrogens (primary N) is 1. The van der Waals surface area contributed by atoms with Gasteiger partial charge in [-0.25, -0.2) is 0 Å². The summed E-state index contributed by atoms with van der Waals surface area (Å²) in [6, 6.07) is -0.437. The molecular weight excluding hydrogens is 204 g/mol. The number of rotatable bonds is 4. The van der Waals surface area contributed by atoms with Crippen LogP contribution in [0.2, 0.25) is 11.1 Å². The van der Waals surface area contributed by atoms with Crippen molar-refractivity contribution < 1.29 is 4.79 Å². The van der Waals surface area contributed by atoms with E-state index in [9.17, 15) is 4.79 Å². The molecule has 0 spiro atoms. The van der Waals surface area contributed by atoms with Crippen molar-refractivity contribution in [3.63, 3.8) is 0 Å². The molecule has 2 nitrogen and oxygen atoms in total. The Morgan fingerprint density at radius 3 is 2.78 bits per heavy atom. The first-order chi connectivity index (χ1) is 4.18. The quantitative estimate of drug-likeness (QED) is 0.551. The van der Waals surface area contributed by atoms with Crippen molar-refractivity contribution >= 4 is 31.8 Å². The zero-order valence-corrected chi connectivity index (χ0v) is 7.73. The van der Waals surface area contributed by atoms with Gasteiger partial charge in [0.1, 0.15) is 0 Å². The molecule has 0 aromatic heterocycles. The summed E-state index contributed by atoms with van der Waals surface area (Å²) in [6.07, 6.45) is 0.735. The van der Waals surface area contributed by atoms with Crippen LogP contribution in [0.3, 0.4) is 0 Å². The molecule has 0 radical (unpaired) electrons. The molecule has 0 aromatic carbocycles. The van der Waals surface area contributed by atoms with Gasteiger partial charge in [-0.05, 0) is 0 Å². The second-order valence-corrected chi connectivity index (χ2v) is 4.13. The summed E-state index contributed by atoms with van der Waals surface area (Å²) in [5.41, 5.74) is 5.33. The second-order valence-electron chi connectivity index (χ2n) is 1.69. The SMILES string of the molecule is C[Se]CC[C@H](N)C(=O)Cl. The molecule has 0 amide bonds. The van der Waals surface area contributed by atoms with E-state index in [1.165, 1.54) is 0 Å². The molecule has 0 saturated carbocycles. The first-order valence-corrected chi connectivity index (χ1v) is 5.92. The zero-order valence-electron chi connectivity index (χ0n) is 5.26. The van der Waals surface area contributed by atoms with Gasteiger partial charge in [0.25, 0.3) is 0 Å². The van der Waals surface area contributed by atoms with Gasteiger partial charge in [-0.1, -0.05) is 0 Å². The van der Waals surface area contributed by atoms with Crippen LogP contribution >= 0.6 is 11.6 Å². The van der Waals surface area contributed by atoms with E-state index in [1.807, 2.05) is 0 Å². The summed E-state index contributed by atoms with van der Waals surface area (Å²) in [7, 11) is 0. The van der Waals surface area contributed by atoms with Gasteiger partial charge in [0.15, 0.2) is 0 Å². The van der Waals surface area contributed by atoms with Crippen molar-refractivity contribution in [2.75, 3.05) is 0 Å². The molecule has 0 heterocycles. The minimum absolute atomic E-state index is 0.417. The molecule has 54 valence electrons. The topological polar surface area (TPSA) is 43.1 Å². The van der Waals surface area contributed by atoms with Crippen molar-refractivity contribution in [2.45, 2.75) is 23.6 Å². The minimum atomic E-state index is -0.437. The van der Waals surface area contributed by atoms with Gasteiger partial charge in [-0.2, -0.15) is 0 Å². The van der Waals surface area contributed by atoms with Crippen LogP contribution in [-0.4, -0.2) is 26.2 Å². The summed E-state index contributed by atoms with van der Waals surface area (Å²) < 4.78 is 0. The van der Waals surface area contributed by atoms with Crippen molar-refractivity contribution in [1.82, 2.24) is 0 Å². The normalized spacial score (nSPS) is 13.2. The summed E-state index contributed by atoms with van der Waals surface area (Å²) in [5.74, 6) is 2.11. The number of carbonyl (C=O) groups is 1. The summed E-state index contributed by atoms with van der Waals surface area (Å²) in [4.78, 5) is 10.3. The number of carbonyl (C=O) groups excluding carboxylic acids is 1. The fourth-order valence-corrected chi connectivity index (χ4v) is 1.49. The van der Waals surface area contributed by atoms with Gasteiger partial charge >= 0.3 is 65.9 Å².